The molecule has 154 valence electrons. The number of nitrogens with zero attached hydrogens (tertiary/aromatic N) is 3. The number of rotatable bonds is 7. The predicted molar refractivity (Wildman–Crippen MR) is 114 cm³/mol. The Bertz CT molecular complexity index is 968. The Morgan fingerprint density at radius 2 is 1.77 bits per heavy atom. The van der Waals surface area contributed by atoms with E-state index in [9.17, 15) is 9.59 Å². The molecule has 0 bridgehead atoms. The molecule has 6 heteroatoms. The van der Waals surface area contributed by atoms with Crippen molar-refractivity contribution in [2.45, 2.75) is 38.4 Å². The minimum absolute atomic E-state index is 0.0493. The first-order valence-corrected chi connectivity index (χ1v) is 10.4. The monoisotopic (exact) mass is 402 g/mol. The molecule has 2 aromatic carbocycles. The molecule has 1 saturated heterocycles. The number of likely N-dealkylation sites (tertiary alicyclic amines) is 1. The van der Waals surface area contributed by atoms with Crippen molar-refractivity contribution in [3.63, 3.8) is 0 Å². The molecule has 0 saturated carbocycles. The summed E-state index contributed by atoms with van der Waals surface area (Å²) in [7, 11) is 0. The van der Waals surface area contributed by atoms with Gasteiger partial charge in [-0.15, -0.1) is 0 Å². The van der Waals surface area contributed by atoms with Gasteiger partial charge >= 0.3 is 0 Å². The van der Waals surface area contributed by atoms with Crippen molar-refractivity contribution in [2.75, 3.05) is 6.54 Å². The number of nitrogens with one attached hydrogen (secondary N) is 1. The van der Waals surface area contributed by atoms with E-state index < -0.39 is 6.04 Å². The summed E-state index contributed by atoms with van der Waals surface area (Å²) in [5, 5.41) is 7.25. The summed E-state index contributed by atoms with van der Waals surface area (Å²) in [6.45, 7) is 1.76. The van der Waals surface area contributed by atoms with Gasteiger partial charge in [0, 0.05) is 31.9 Å². The molecule has 4 rings (SSSR count). The lowest BCUT2D eigenvalue weighted by Crippen LogP contribution is -2.45. The molecule has 2 heterocycles. The van der Waals surface area contributed by atoms with Crippen molar-refractivity contribution in [1.29, 1.82) is 0 Å². The maximum atomic E-state index is 13.1. The Kier molecular flexibility index (Phi) is 6.23. The third-order valence-corrected chi connectivity index (χ3v) is 5.43. The van der Waals surface area contributed by atoms with Crippen LogP contribution in [-0.4, -0.2) is 33.0 Å². The third-order valence-electron chi connectivity index (χ3n) is 5.43. The van der Waals surface area contributed by atoms with Gasteiger partial charge in [-0.05, 0) is 35.6 Å². The number of benzene rings is 2. The van der Waals surface area contributed by atoms with E-state index in [4.69, 9.17) is 0 Å². The topological polar surface area (TPSA) is 67.2 Å². The largest absolute Gasteiger partial charge is 0.350 e. The molecule has 30 heavy (non-hydrogen) atoms. The number of carbonyl (C=O) groups is 2. The van der Waals surface area contributed by atoms with Crippen LogP contribution in [0.2, 0.25) is 0 Å². The fourth-order valence-electron chi connectivity index (χ4n) is 3.84. The summed E-state index contributed by atoms with van der Waals surface area (Å²) in [4.78, 5) is 27.3. The van der Waals surface area contributed by atoms with Gasteiger partial charge in [-0.2, -0.15) is 5.10 Å². The summed E-state index contributed by atoms with van der Waals surface area (Å²) in [6.07, 6.45) is 6.03. The number of aromatic nitrogens is 2. The van der Waals surface area contributed by atoms with Gasteiger partial charge < -0.3 is 10.2 Å². The molecule has 3 aromatic rings. The average molecular weight is 402 g/mol. The van der Waals surface area contributed by atoms with Crippen molar-refractivity contribution in [3.05, 3.63) is 89.7 Å². The zero-order valence-corrected chi connectivity index (χ0v) is 16.9. The Morgan fingerprint density at radius 1 is 1.00 bits per heavy atom. The van der Waals surface area contributed by atoms with Crippen molar-refractivity contribution in [1.82, 2.24) is 20.0 Å². The molecular formula is C24H26N4O2. The van der Waals surface area contributed by atoms with Crippen LogP contribution < -0.4 is 5.32 Å². The number of amides is 2. The second-order valence-electron chi connectivity index (χ2n) is 7.60. The van der Waals surface area contributed by atoms with Crippen LogP contribution in [0.15, 0.2) is 73.1 Å². The number of piperidine rings is 1. The highest BCUT2D eigenvalue weighted by molar-refractivity contribution is 5.89. The molecule has 1 unspecified atom stereocenters. The summed E-state index contributed by atoms with van der Waals surface area (Å²) in [5.74, 6) is -0.0923. The zero-order valence-electron chi connectivity index (χ0n) is 16.9. The molecule has 1 atom stereocenters. The van der Waals surface area contributed by atoms with Gasteiger partial charge in [0.25, 0.3) is 0 Å². The Morgan fingerprint density at radius 3 is 2.47 bits per heavy atom. The van der Waals surface area contributed by atoms with Crippen LogP contribution in [0.25, 0.3) is 0 Å². The summed E-state index contributed by atoms with van der Waals surface area (Å²) >= 11 is 0. The Hall–Kier alpha value is -3.41. The summed E-state index contributed by atoms with van der Waals surface area (Å²) in [5.41, 5.74) is 3.01. The minimum Gasteiger partial charge on any atom is -0.350 e. The lowest BCUT2D eigenvalue weighted by atomic mass is 10.0. The SMILES string of the molecule is O=C(NCc1ccc(Cn2cccn2)cc1)C(c1ccccc1)N1CCCCC1=O. The van der Waals surface area contributed by atoms with Gasteiger partial charge in [-0.25, -0.2) is 0 Å². The van der Waals surface area contributed by atoms with Crippen molar-refractivity contribution in [2.24, 2.45) is 0 Å². The van der Waals surface area contributed by atoms with Gasteiger partial charge in [0.05, 0.1) is 6.54 Å². The summed E-state index contributed by atoms with van der Waals surface area (Å²) < 4.78 is 1.87. The lowest BCUT2D eigenvalue weighted by Gasteiger charge is -2.34. The van der Waals surface area contributed by atoms with E-state index in [1.54, 1.807) is 11.1 Å². The van der Waals surface area contributed by atoms with Crippen LogP contribution in [0.1, 0.15) is 42.0 Å². The van der Waals surface area contributed by atoms with E-state index in [0.717, 1.165) is 29.5 Å². The van der Waals surface area contributed by atoms with E-state index >= 15 is 0 Å². The quantitative estimate of drug-likeness (QED) is 0.659. The van der Waals surface area contributed by atoms with Crippen LogP contribution in [0.3, 0.4) is 0 Å². The van der Waals surface area contributed by atoms with E-state index in [-0.39, 0.29) is 11.8 Å². The molecule has 1 aromatic heterocycles. The van der Waals surface area contributed by atoms with E-state index in [1.165, 1.54) is 0 Å². The molecule has 0 aliphatic carbocycles. The normalized spacial score (nSPS) is 15.1. The first-order chi connectivity index (χ1) is 14.7. The first-order valence-electron chi connectivity index (χ1n) is 10.4. The Balaban J connectivity index is 1.43. The predicted octanol–water partition coefficient (Wildman–Crippen LogP) is 3.30. The van der Waals surface area contributed by atoms with E-state index in [1.807, 2.05) is 71.5 Å². The highest BCUT2D eigenvalue weighted by atomic mass is 16.2. The van der Waals surface area contributed by atoms with Crippen LogP contribution >= 0.6 is 0 Å². The maximum Gasteiger partial charge on any atom is 0.247 e. The molecule has 0 radical (unpaired) electrons. The van der Waals surface area contributed by atoms with Crippen LogP contribution in [-0.2, 0) is 22.7 Å². The maximum absolute atomic E-state index is 13.1. The highest BCUT2D eigenvalue weighted by Crippen LogP contribution is 2.26. The minimum atomic E-state index is -0.585. The van der Waals surface area contributed by atoms with Crippen molar-refractivity contribution in [3.8, 4) is 0 Å². The smallest absolute Gasteiger partial charge is 0.247 e. The van der Waals surface area contributed by atoms with Gasteiger partial charge in [-0.3, -0.25) is 14.3 Å². The van der Waals surface area contributed by atoms with Gasteiger partial charge in [-0.1, -0.05) is 54.6 Å². The van der Waals surface area contributed by atoms with Crippen LogP contribution in [0, 0.1) is 0 Å². The van der Waals surface area contributed by atoms with E-state index in [0.29, 0.717) is 26.1 Å². The van der Waals surface area contributed by atoms with Crippen molar-refractivity contribution >= 4 is 11.8 Å². The standard InChI is InChI=1S/C24H26N4O2/c29-22-9-4-5-16-28(22)23(21-7-2-1-3-8-21)24(30)25-17-19-10-12-20(13-11-19)18-27-15-6-14-26-27/h1-3,6-8,10-15,23H,4-5,9,16-18H2,(H,25,30). The van der Waals surface area contributed by atoms with E-state index in [2.05, 4.69) is 10.4 Å². The molecule has 0 spiro atoms. The van der Waals surface area contributed by atoms with Gasteiger partial charge in [0.1, 0.15) is 6.04 Å². The summed E-state index contributed by atoms with van der Waals surface area (Å²) in [6, 6.07) is 19.0. The fraction of sp³-hybridized carbons (Fsp3) is 0.292. The average Bonchev–Trinajstić information content (AvgIpc) is 3.29. The number of hydrogen-bond acceptors (Lipinski definition) is 3. The van der Waals surface area contributed by atoms with Crippen LogP contribution in [0.4, 0.5) is 0 Å². The number of hydrogen-bond donors (Lipinski definition) is 1. The number of carbonyl (C=O) groups excluding carboxylic acids is 2. The molecule has 1 fully saturated rings. The molecule has 6 nitrogen and oxygen atoms in total. The second kappa shape index (κ2) is 9.39. The van der Waals surface area contributed by atoms with Gasteiger partial charge in [0.15, 0.2) is 0 Å². The Labute approximate surface area is 176 Å². The lowest BCUT2D eigenvalue weighted by molar-refractivity contribution is -0.142. The fourth-order valence-corrected chi connectivity index (χ4v) is 3.84. The first kappa shape index (κ1) is 19.9. The molecule has 2 amide bonds. The van der Waals surface area contributed by atoms with Gasteiger partial charge in [0.2, 0.25) is 11.8 Å². The zero-order chi connectivity index (χ0) is 20.8. The molecule has 1 N–H and O–H groups in total. The van der Waals surface area contributed by atoms with Crippen LogP contribution in [0.5, 0.6) is 0 Å². The molecule has 1 aliphatic rings. The molecule has 1 aliphatic heterocycles. The second-order valence-corrected chi connectivity index (χ2v) is 7.60. The third kappa shape index (κ3) is 4.76. The van der Waals surface area contributed by atoms with Crippen molar-refractivity contribution < 1.29 is 9.59 Å². The molecular weight excluding hydrogens is 376 g/mol. The highest BCUT2D eigenvalue weighted by Gasteiger charge is 2.32.